The molecular weight excluding hydrogens is 262 g/mol. The molecule has 0 atom stereocenters. The molecule has 116 valence electrons. The third-order valence-corrected chi connectivity index (χ3v) is 4.26. The fourth-order valence-corrected chi connectivity index (χ4v) is 3.05. The predicted octanol–water partition coefficient (Wildman–Crippen LogP) is 3.35. The molecule has 1 aromatic carbocycles. The minimum atomic E-state index is 0.00768. The molecule has 2 rings (SSSR count). The van der Waals surface area contributed by atoms with Crippen molar-refractivity contribution in [3.05, 3.63) is 23.8 Å². The summed E-state index contributed by atoms with van der Waals surface area (Å²) in [5.74, 6) is 0.920. The second-order valence-corrected chi connectivity index (χ2v) is 6.22. The van der Waals surface area contributed by atoms with Gasteiger partial charge in [-0.3, -0.25) is 4.79 Å². The maximum Gasteiger partial charge on any atom is 0.255 e. The molecule has 4 nitrogen and oxygen atoms in total. The Morgan fingerprint density at radius 3 is 2.71 bits per heavy atom. The Labute approximate surface area is 127 Å². The molecule has 1 aliphatic carbocycles. The number of nitrogens with zero attached hydrogens (tertiary/aromatic N) is 1. The normalized spacial score (nSPS) is 15.1. The van der Waals surface area contributed by atoms with Gasteiger partial charge >= 0.3 is 0 Å². The molecule has 1 saturated carbocycles. The average molecular weight is 289 g/mol. The predicted molar refractivity (Wildman–Crippen MR) is 88.6 cm³/mol. The lowest BCUT2D eigenvalue weighted by Crippen LogP contribution is -2.23. The number of hydrogen-bond acceptors (Lipinski definition) is 3. The van der Waals surface area contributed by atoms with E-state index in [0.717, 1.165) is 24.6 Å². The molecule has 0 radical (unpaired) electrons. The van der Waals surface area contributed by atoms with Gasteiger partial charge < -0.3 is 16.0 Å². The van der Waals surface area contributed by atoms with Crippen molar-refractivity contribution in [2.75, 3.05) is 31.7 Å². The van der Waals surface area contributed by atoms with Gasteiger partial charge in [0, 0.05) is 32.0 Å². The molecule has 0 aliphatic heterocycles. The highest BCUT2D eigenvalue weighted by atomic mass is 16.2. The van der Waals surface area contributed by atoms with Crippen LogP contribution in [0.5, 0.6) is 0 Å². The van der Waals surface area contributed by atoms with Crippen LogP contribution in [0.15, 0.2) is 18.2 Å². The summed E-state index contributed by atoms with van der Waals surface area (Å²) in [6.45, 7) is 0.896. The van der Waals surface area contributed by atoms with Gasteiger partial charge in [-0.2, -0.15) is 0 Å². The van der Waals surface area contributed by atoms with E-state index >= 15 is 0 Å². The Kier molecular flexibility index (Phi) is 5.48. The van der Waals surface area contributed by atoms with Crippen LogP contribution in [-0.4, -0.2) is 31.4 Å². The van der Waals surface area contributed by atoms with Crippen LogP contribution in [0.25, 0.3) is 0 Å². The summed E-state index contributed by atoms with van der Waals surface area (Å²) in [6, 6.07) is 5.43. The summed E-state index contributed by atoms with van der Waals surface area (Å²) in [6.07, 6.45) is 8.01. The largest absolute Gasteiger partial charge is 0.399 e. The highest BCUT2D eigenvalue weighted by molar-refractivity contribution is 5.99. The molecule has 1 aliphatic rings. The van der Waals surface area contributed by atoms with Gasteiger partial charge in [-0.05, 0) is 37.0 Å². The van der Waals surface area contributed by atoms with E-state index < -0.39 is 0 Å². The fourth-order valence-electron chi connectivity index (χ4n) is 3.05. The smallest absolute Gasteiger partial charge is 0.255 e. The number of rotatable bonds is 6. The Bertz CT molecular complexity index is 479. The number of anilines is 2. The lowest BCUT2D eigenvalue weighted by Gasteiger charge is -2.16. The van der Waals surface area contributed by atoms with Gasteiger partial charge in [0.25, 0.3) is 5.91 Å². The first kappa shape index (κ1) is 15.7. The monoisotopic (exact) mass is 289 g/mol. The summed E-state index contributed by atoms with van der Waals surface area (Å²) in [5.41, 5.74) is 8.06. The lowest BCUT2D eigenvalue weighted by atomic mass is 10.0. The number of nitrogens with one attached hydrogen (secondary N) is 1. The van der Waals surface area contributed by atoms with Gasteiger partial charge in [0.1, 0.15) is 0 Å². The first-order chi connectivity index (χ1) is 10.1. The van der Waals surface area contributed by atoms with E-state index in [4.69, 9.17) is 5.73 Å². The van der Waals surface area contributed by atoms with Gasteiger partial charge in [-0.25, -0.2) is 0 Å². The second-order valence-electron chi connectivity index (χ2n) is 6.22. The average Bonchev–Trinajstić information content (AvgIpc) is 2.96. The van der Waals surface area contributed by atoms with Gasteiger partial charge in [-0.1, -0.05) is 25.7 Å². The number of carbonyl (C=O) groups excluding carboxylic acids is 1. The Balaban J connectivity index is 1.91. The van der Waals surface area contributed by atoms with Crippen molar-refractivity contribution < 1.29 is 4.79 Å². The van der Waals surface area contributed by atoms with Crippen molar-refractivity contribution in [3.8, 4) is 0 Å². The molecule has 1 aromatic rings. The molecule has 0 unspecified atom stereocenters. The SMILES string of the molecule is CN(C)C(=O)c1ccc(N)cc1NCCCC1CCCC1. The summed E-state index contributed by atoms with van der Waals surface area (Å²) < 4.78 is 0. The van der Waals surface area contributed by atoms with E-state index in [1.54, 1.807) is 31.1 Å². The number of amides is 1. The van der Waals surface area contributed by atoms with Crippen LogP contribution in [0.4, 0.5) is 11.4 Å². The van der Waals surface area contributed by atoms with Crippen LogP contribution in [0.1, 0.15) is 48.9 Å². The maximum atomic E-state index is 12.2. The fraction of sp³-hybridized carbons (Fsp3) is 0.588. The summed E-state index contributed by atoms with van der Waals surface area (Å²) in [7, 11) is 3.53. The minimum absolute atomic E-state index is 0.00768. The van der Waals surface area contributed by atoms with Crippen LogP contribution < -0.4 is 11.1 Å². The highest BCUT2D eigenvalue weighted by Gasteiger charge is 2.15. The Hall–Kier alpha value is -1.71. The third kappa shape index (κ3) is 4.38. The van der Waals surface area contributed by atoms with Crippen LogP contribution in [0.2, 0.25) is 0 Å². The summed E-state index contributed by atoms with van der Waals surface area (Å²) in [4.78, 5) is 13.8. The highest BCUT2D eigenvalue weighted by Crippen LogP contribution is 2.28. The third-order valence-electron chi connectivity index (χ3n) is 4.26. The number of nitrogens with two attached hydrogens (primary N) is 1. The topological polar surface area (TPSA) is 58.4 Å². The van der Waals surface area contributed by atoms with Gasteiger partial charge in [0.15, 0.2) is 0 Å². The van der Waals surface area contributed by atoms with Crippen molar-refractivity contribution in [1.82, 2.24) is 4.90 Å². The van der Waals surface area contributed by atoms with Crippen molar-refractivity contribution in [3.63, 3.8) is 0 Å². The number of carbonyl (C=O) groups is 1. The van der Waals surface area contributed by atoms with Crippen molar-refractivity contribution in [1.29, 1.82) is 0 Å². The van der Waals surface area contributed by atoms with Gasteiger partial charge in [-0.15, -0.1) is 0 Å². The van der Waals surface area contributed by atoms with E-state index in [0.29, 0.717) is 11.3 Å². The molecule has 1 fully saturated rings. The van der Waals surface area contributed by atoms with E-state index in [-0.39, 0.29) is 5.91 Å². The molecule has 0 heterocycles. The summed E-state index contributed by atoms with van der Waals surface area (Å²) >= 11 is 0. The zero-order valence-corrected chi connectivity index (χ0v) is 13.2. The molecule has 1 amide bonds. The van der Waals surface area contributed by atoms with Crippen molar-refractivity contribution in [2.45, 2.75) is 38.5 Å². The molecule has 3 N–H and O–H groups in total. The first-order valence-corrected chi connectivity index (χ1v) is 7.93. The van der Waals surface area contributed by atoms with Crippen LogP contribution in [-0.2, 0) is 0 Å². The standard InChI is InChI=1S/C17H27N3O/c1-20(2)17(21)15-10-9-14(18)12-16(15)19-11-5-8-13-6-3-4-7-13/h9-10,12-13,19H,3-8,11,18H2,1-2H3. The van der Waals surface area contributed by atoms with E-state index in [9.17, 15) is 4.79 Å². The van der Waals surface area contributed by atoms with Gasteiger partial charge in [0.05, 0.1) is 5.56 Å². The quantitative estimate of drug-likeness (QED) is 0.623. The molecule has 0 spiro atoms. The van der Waals surface area contributed by atoms with E-state index in [1.807, 2.05) is 6.07 Å². The molecular formula is C17H27N3O. The number of nitrogen functional groups attached to an aromatic ring is 1. The summed E-state index contributed by atoms with van der Waals surface area (Å²) in [5, 5.41) is 3.39. The molecule has 0 bridgehead atoms. The Morgan fingerprint density at radius 2 is 2.05 bits per heavy atom. The second kappa shape index (κ2) is 7.34. The van der Waals surface area contributed by atoms with E-state index in [1.165, 1.54) is 32.1 Å². The zero-order chi connectivity index (χ0) is 15.2. The van der Waals surface area contributed by atoms with Gasteiger partial charge in [0.2, 0.25) is 0 Å². The first-order valence-electron chi connectivity index (χ1n) is 7.93. The maximum absolute atomic E-state index is 12.2. The van der Waals surface area contributed by atoms with E-state index in [2.05, 4.69) is 5.32 Å². The number of benzene rings is 1. The zero-order valence-electron chi connectivity index (χ0n) is 13.2. The Morgan fingerprint density at radius 1 is 1.33 bits per heavy atom. The molecule has 21 heavy (non-hydrogen) atoms. The molecule has 0 aromatic heterocycles. The molecule has 0 saturated heterocycles. The van der Waals surface area contributed by atoms with Crippen molar-refractivity contribution in [2.24, 2.45) is 5.92 Å². The molecule has 4 heteroatoms. The van der Waals surface area contributed by atoms with Crippen LogP contribution >= 0.6 is 0 Å². The number of hydrogen-bond donors (Lipinski definition) is 2. The van der Waals surface area contributed by atoms with Crippen molar-refractivity contribution >= 4 is 17.3 Å². The van der Waals surface area contributed by atoms with Crippen LogP contribution in [0.3, 0.4) is 0 Å². The van der Waals surface area contributed by atoms with Crippen LogP contribution in [0, 0.1) is 5.92 Å². The lowest BCUT2D eigenvalue weighted by molar-refractivity contribution is 0.0828. The minimum Gasteiger partial charge on any atom is -0.399 e.